The molecule has 1 saturated heterocycles. The number of benzene rings is 1. The van der Waals surface area contributed by atoms with Gasteiger partial charge in [0.05, 0.1) is 47.6 Å². The standard InChI is InChI=1S/C18H18FN5O6S/c1-22(31(28,29)14-4-2-13(3-5-14)24(26)27)15-9-30-10-16(17(15)25)23-18-11(7-21-23)6-12(19)8-20-18/h2-8,15-17,25H,9-10H2,1H3/t15-,16+,17+/m0/s1. The monoisotopic (exact) mass is 451 g/mol. The number of rotatable bonds is 5. The smallest absolute Gasteiger partial charge is 0.269 e. The lowest BCUT2D eigenvalue weighted by molar-refractivity contribution is -0.384. The van der Waals surface area contributed by atoms with Gasteiger partial charge in [-0.3, -0.25) is 10.1 Å². The molecular formula is C18H18FN5O6S. The number of non-ortho nitro benzene ring substituents is 1. The Kier molecular flexibility index (Phi) is 5.43. The van der Waals surface area contributed by atoms with Gasteiger partial charge < -0.3 is 9.84 Å². The molecule has 3 heterocycles. The zero-order chi connectivity index (χ0) is 22.3. The molecule has 1 N–H and O–H groups in total. The van der Waals surface area contributed by atoms with Crippen LogP contribution in [0.25, 0.3) is 11.0 Å². The molecule has 0 unspecified atom stereocenters. The predicted octanol–water partition coefficient (Wildman–Crippen LogP) is 1.10. The van der Waals surface area contributed by atoms with Crippen LogP contribution >= 0.6 is 0 Å². The van der Waals surface area contributed by atoms with Gasteiger partial charge in [0.1, 0.15) is 11.9 Å². The van der Waals surface area contributed by atoms with E-state index in [9.17, 15) is 28.0 Å². The van der Waals surface area contributed by atoms with Crippen LogP contribution < -0.4 is 0 Å². The number of ether oxygens (including phenoxy) is 1. The predicted molar refractivity (Wildman–Crippen MR) is 105 cm³/mol. The van der Waals surface area contributed by atoms with Crippen LogP contribution in [0, 0.1) is 15.9 Å². The minimum atomic E-state index is -4.08. The minimum absolute atomic E-state index is 0.0545. The molecule has 1 aliphatic rings. The lowest BCUT2D eigenvalue weighted by Gasteiger charge is -2.38. The third-order valence-corrected chi connectivity index (χ3v) is 7.17. The molecule has 1 aromatic carbocycles. The van der Waals surface area contributed by atoms with E-state index in [0.717, 1.165) is 34.8 Å². The second-order valence-corrected chi connectivity index (χ2v) is 9.09. The highest BCUT2D eigenvalue weighted by Crippen LogP contribution is 2.29. The Morgan fingerprint density at radius 1 is 1.29 bits per heavy atom. The summed E-state index contributed by atoms with van der Waals surface area (Å²) >= 11 is 0. The van der Waals surface area contributed by atoms with Gasteiger partial charge in [0.25, 0.3) is 5.69 Å². The zero-order valence-electron chi connectivity index (χ0n) is 16.2. The average Bonchev–Trinajstić information content (AvgIpc) is 3.16. The zero-order valence-corrected chi connectivity index (χ0v) is 17.0. The number of aromatic nitrogens is 3. The van der Waals surface area contributed by atoms with Crippen molar-refractivity contribution in [3.63, 3.8) is 0 Å². The summed E-state index contributed by atoms with van der Waals surface area (Å²) in [6.07, 6.45) is 1.22. The number of hydrogen-bond donors (Lipinski definition) is 1. The fourth-order valence-electron chi connectivity index (χ4n) is 3.54. The molecule has 0 bridgehead atoms. The Hall–Kier alpha value is -3.00. The molecular weight excluding hydrogens is 433 g/mol. The van der Waals surface area contributed by atoms with Gasteiger partial charge in [0.15, 0.2) is 5.65 Å². The number of halogens is 1. The van der Waals surface area contributed by atoms with Crippen LogP contribution in [-0.4, -0.2) is 69.9 Å². The number of pyridine rings is 1. The first-order chi connectivity index (χ1) is 14.7. The van der Waals surface area contributed by atoms with Gasteiger partial charge in [-0.25, -0.2) is 22.5 Å². The third kappa shape index (κ3) is 3.76. The first-order valence-electron chi connectivity index (χ1n) is 9.17. The Morgan fingerprint density at radius 3 is 2.68 bits per heavy atom. The summed E-state index contributed by atoms with van der Waals surface area (Å²) in [5.41, 5.74) is 0.0905. The maximum atomic E-state index is 13.4. The van der Waals surface area contributed by atoms with Gasteiger partial charge in [-0.2, -0.15) is 9.40 Å². The molecule has 3 atom stereocenters. The molecule has 0 radical (unpaired) electrons. The topological polar surface area (TPSA) is 141 Å². The van der Waals surface area contributed by atoms with E-state index in [1.54, 1.807) is 0 Å². The van der Waals surface area contributed by atoms with E-state index in [1.807, 2.05) is 0 Å². The average molecular weight is 451 g/mol. The van der Waals surface area contributed by atoms with Crippen LogP contribution in [0.1, 0.15) is 6.04 Å². The highest BCUT2D eigenvalue weighted by atomic mass is 32.2. The lowest BCUT2D eigenvalue weighted by Crippen LogP contribution is -2.54. The molecule has 13 heteroatoms. The van der Waals surface area contributed by atoms with E-state index >= 15 is 0 Å². The number of likely N-dealkylation sites (N-methyl/N-ethyl adjacent to an activating group) is 1. The summed E-state index contributed by atoms with van der Waals surface area (Å²) in [4.78, 5) is 14.0. The fourth-order valence-corrected chi connectivity index (χ4v) is 4.89. The summed E-state index contributed by atoms with van der Waals surface area (Å²) in [6.45, 7) is -0.0133. The second-order valence-electron chi connectivity index (χ2n) is 7.09. The van der Waals surface area contributed by atoms with E-state index in [-0.39, 0.29) is 23.8 Å². The SMILES string of the molecule is CN([C@H]1COC[C@@H](n2ncc3cc(F)cnc32)[C@@H]1O)S(=O)(=O)c1ccc([N+](=O)[O-])cc1. The fraction of sp³-hybridized carbons (Fsp3) is 0.333. The lowest BCUT2D eigenvalue weighted by atomic mass is 10.0. The molecule has 3 aromatic rings. The van der Waals surface area contributed by atoms with Crippen molar-refractivity contribution >= 4 is 26.7 Å². The Bertz CT molecular complexity index is 1230. The van der Waals surface area contributed by atoms with Crippen LogP contribution in [0.3, 0.4) is 0 Å². The van der Waals surface area contributed by atoms with E-state index in [4.69, 9.17) is 4.74 Å². The third-order valence-electron chi connectivity index (χ3n) is 5.27. The molecule has 0 amide bonds. The number of aliphatic hydroxyl groups is 1. The summed E-state index contributed by atoms with van der Waals surface area (Å²) < 4.78 is 47.3. The molecule has 1 aliphatic heterocycles. The Labute approximate surface area is 175 Å². The van der Waals surface area contributed by atoms with Crippen LogP contribution in [0.2, 0.25) is 0 Å². The molecule has 0 spiro atoms. The van der Waals surface area contributed by atoms with E-state index in [0.29, 0.717) is 11.0 Å². The number of nitro benzene ring substituents is 1. The van der Waals surface area contributed by atoms with E-state index in [1.165, 1.54) is 24.0 Å². The van der Waals surface area contributed by atoms with E-state index < -0.39 is 39.0 Å². The number of hydrogen-bond acceptors (Lipinski definition) is 8. The number of nitrogens with zero attached hydrogens (tertiary/aromatic N) is 5. The first-order valence-corrected chi connectivity index (χ1v) is 10.6. The van der Waals surface area contributed by atoms with Crippen molar-refractivity contribution in [1.29, 1.82) is 0 Å². The first kappa shape index (κ1) is 21.2. The van der Waals surface area contributed by atoms with E-state index in [2.05, 4.69) is 10.1 Å². The van der Waals surface area contributed by atoms with Gasteiger partial charge >= 0.3 is 0 Å². The maximum absolute atomic E-state index is 13.4. The molecule has 4 rings (SSSR count). The Balaban J connectivity index is 1.62. The van der Waals surface area contributed by atoms with Gasteiger partial charge in [-0.15, -0.1) is 0 Å². The molecule has 31 heavy (non-hydrogen) atoms. The van der Waals surface area contributed by atoms with Gasteiger partial charge in [0, 0.05) is 24.6 Å². The van der Waals surface area contributed by atoms with Crippen LogP contribution in [0.15, 0.2) is 47.6 Å². The van der Waals surface area contributed by atoms with Crippen molar-refractivity contribution in [2.24, 2.45) is 0 Å². The van der Waals surface area contributed by atoms with Gasteiger partial charge in [0.2, 0.25) is 10.0 Å². The van der Waals surface area contributed by atoms with Gasteiger partial charge in [-0.1, -0.05) is 0 Å². The minimum Gasteiger partial charge on any atom is -0.389 e. The molecule has 164 valence electrons. The summed E-state index contributed by atoms with van der Waals surface area (Å²) in [7, 11) is -2.78. The highest BCUT2D eigenvalue weighted by molar-refractivity contribution is 7.89. The Morgan fingerprint density at radius 2 is 2.00 bits per heavy atom. The normalized spacial score (nSPS) is 22.1. The van der Waals surface area contributed by atoms with Crippen molar-refractivity contribution in [2.75, 3.05) is 20.3 Å². The summed E-state index contributed by atoms with van der Waals surface area (Å²) in [5.74, 6) is -0.528. The van der Waals surface area contributed by atoms with Crippen molar-refractivity contribution in [3.05, 3.63) is 58.7 Å². The van der Waals surface area contributed by atoms with Crippen LogP contribution in [0.4, 0.5) is 10.1 Å². The second kappa shape index (κ2) is 7.92. The molecule has 2 aromatic heterocycles. The molecule has 1 fully saturated rings. The van der Waals surface area contributed by atoms with Crippen molar-refractivity contribution in [2.45, 2.75) is 23.1 Å². The maximum Gasteiger partial charge on any atom is 0.269 e. The molecule has 11 nitrogen and oxygen atoms in total. The molecule has 0 aliphatic carbocycles. The number of sulfonamides is 1. The van der Waals surface area contributed by atoms with Gasteiger partial charge in [-0.05, 0) is 18.2 Å². The highest BCUT2D eigenvalue weighted by Gasteiger charge is 2.41. The summed E-state index contributed by atoms with van der Waals surface area (Å²) in [5, 5.41) is 26.4. The van der Waals surface area contributed by atoms with Crippen molar-refractivity contribution in [1.82, 2.24) is 19.1 Å². The van der Waals surface area contributed by atoms with Crippen molar-refractivity contribution < 1.29 is 27.6 Å². The van der Waals surface area contributed by atoms with Crippen LogP contribution in [0.5, 0.6) is 0 Å². The number of aliphatic hydroxyl groups excluding tert-OH is 1. The largest absolute Gasteiger partial charge is 0.389 e. The quantitative estimate of drug-likeness (QED) is 0.449. The van der Waals surface area contributed by atoms with Crippen LogP contribution in [-0.2, 0) is 14.8 Å². The number of nitro groups is 1. The number of fused-ring (bicyclic) bond motifs is 1. The van der Waals surface area contributed by atoms with Crippen molar-refractivity contribution in [3.8, 4) is 0 Å². The molecule has 0 saturated carbocycles. The summed E-state index contributed by atoms with van der Waals surface area (Å²) in [6, 6.07) is 4.00.